The third kappa shape index (κ3) is 0.506. The molecular formula is C4H7NO. The highest BCUT2D eigenvalue weighted by atomic mass is 16.1. The van der Waals surface area contributed by atoms with Crippen LogP contribution in [-0.4, -0.2) is 12.5 Å². The SMILES string of the molecule is [2H]C1([2H])CNC(=O)C1([2H])[2H]. The molecule has 0 unspecified atom stereocenters. The molecule has 2 heteroatoms. The molecule has 1 aliphatic rings. The highest BCUT2D eigenvalue weighted by Gasteiger charge is 2.05. The number of hydrogen-bond donors (Lipinski definition) is 1. The summed E-state index contributed by atoms with van der Waals surface area (Å²) in [6.45, 7) is -0.237. The zero-order chi connectivity index (χ0) is 7.99. The molecule has 2 nitrogen and oxygen atoms in total. The number of carbonyl (C=O) groups is 1. The van der Waals surface area contributed by atoms with Crippen LogP contribution in [0.3, 0.4) is 0 Å². The lowest BCUT2D eigenvalue weighted by atomic mass is 10.4. The second-order valence-electron chi connectivity index (χ2n) is 0.984. The van der Waals surface area contributed by atoms with Gasteiger partial charge in [-0.2, -0.15) is 0 Å². The van der Waals surface area contributed by atoms with Crippen molar-refractivity contribution in [3.63, 3.8) is 0 Å². The zero-order valence-corrected chi connectivity index (χ0v) is 3.12. The minimum atomic E-state index is -2.37. The Hall–Kier alpha value is -0.530. The van der Waals surface area contributed by atoms with Crippen molar-refractivity contribution in [3.8, 4) is 0 Å². The lowest BCUT2D eigenvalue weighted by Gasteiger charge is -1.80. The Morgan fingerprint density at radius 2 is 2.83 bits per heavy atom. The zero-order valence-electron chi connectivity index (χ0n) is 7.12. The van der Waals surface area contributed by atoms with Crippen LogP contribution in [0.15, 0.2) is 0 Å². The molecule has 0 aliphatic carbocycles. The highest BCUT2D eigenvalue weighted by Crippen LogP contribution is 1.93. The van der Waals surface area contributed by atoms with Crippen LogP contribution < -0.4 is 5.32 Å². The standard InChI is InChI=1S/C4H7NO/c6-4-2-1-3-5-4/h1-3H2,(H,5,6)/i1D2,2D2. The Labute approximate surface area is 42.2 Å². The smallest absolute Gasteiger partial charge is 0.220 e. The average molecular weight is 89.1 g/mol. The summed E-state index contributed by atoms with van der Waals surface area (Å²) in [6.07, 6.45) is -4.43. The largest absolute Gasteiger partial charge is 0.356 e. The van der Waals surface area contributed by atoms with Crippen LogP contribution in [0, 0.1) is 0 Å². The fourth-order valence-electron chi connectivity index (χ4n) is 0.293. The van der Waals surface area contributed by atoms with Crippen LogP contribution in [0.4, 0.5) is 0 Å². The quantitative estimate of drug-likeness (QED) is 0.441. The van der Waals surface area contributed by atoms with Gasteiger partial charge in [0.25, 0.3) is 0 Å². The molecular weight excluding hydrogens is 78.0 g/mol. The van der Waals surface area contributed by atoms with Gasteiger partial charge in [0.15, 0.2) is 0 Å². The average Bonchev–Trinajstić information content (AvgIpc) is 1.94. The van der Waals surface area contributed by atoms with Crippen LogP contribution >= 0.6 is 0 Å². The fourth-order valence-corrected chi connectivity index (χ4v) is 0.293. The van der Waals surface area contributed by atoms with Crippen molar-refractivity contribution in [1.82, 2.24) is 5.32 Å². The molecule has 1 fully saturated rings. The van der Waals surface area contributed by atoms with Crippen molar-refractivity contribution >= 4 is 5.91 Å². The Bertz CT molecular complexity index is 178. The maximum atomic E-state index is 10.6. The maximum absolute atomic E-state index is 10.6. The lowest BCUT2D eigenvalue weighted by molar-refractivity contribution is -0.119. The van der Waals surface area contributed by atoms with Crippen molar-refractivity contribution in [2.75, 3.05) is 6.54 Å². The minimum Gasteiger partial charge on any atom is -0.356 e. The van der Waals surface area contributed by atoms with E-state index in [1.807, 2.05) is 0 Å². The summed E-state index contributed by atoms with van der Waals surface area (Å²) < 4.78 is 28.0. The minimum absolute atomic E-state index is 0.237. The highest BCUT2D eigenvalue weighted by molar-refractivity contribution is 5.77. The summed E-state index contributed by atoms with van der Waals surface area (Å²) >= 11 is 0. The molecule has 0 atom stereocenters. The molecule has 1 aliphatic heterocycles. The van der Waals surface area contributed by atoms with Crippen molar-refractivity contribution in [1.29, 1.82) is 0 Å². The maximum Gasteiger partial charge on any atom is 0.220 e. The first kappa shape index (κ1) is 1.22. The van der Waals surface area contributed by atoms with E-state index in [1.165, 1.54) is 0 Å². The Morgan fingerprint density at radius 3 is 3.00 bits per heavy atom. The molecule has 1 saturated heterocycles. The molecule has 1 rings (SSSR count). The molecule has 1 amide bonds. The van der Waals surface area contributed by atoms with E-state index >= 15 is 0 Å². The van der Waals surface area contributed by atoms with Gasteiger partial charge >= 0.3 is 0 Å². The number of nitrogens with one attached hydrogen (secondary N) is 1. The number of rotatable bonds is 0. The first-order chi connectivity index (χ1) is 4.38. The van der Waals surface area contributed by atoms with Crippen molar-refractivity contribution < 1.29 is 10.3 Å². The predicted octanol–water partition coefficient (Wildman–Crippen LogP) is -0.104. The molecule has 0 bridgehead atoms. The second-order valence-corrected chi connectivity index (χ2v) is 0.984. The van der Waals surface area contributed by atoms with Crippen LogP contribution in [-0.2, 0) is 4.79 Å². The molecule has 6 heavy (non-hydrogen) atoms. The van der Waals surface area contributed by atoms with E-state index in [-0.39, 0.29) is 6.54 Å². The molecule has 0 spiro atoms. The van der Waals surface area contributed by atoms with Gasteiger partial charge in [0.2, 0.25) is 5.91 Å². The topological polar surface area (TPSA) is 29.1 Å². The third-order valence-corrected chi connectivity index (χ3v) is 0.539. The van der Waals surface area contributed by atoms with Gasteiger partial charge in [-0.3, -0.25) is 4.79 Å². The van der Waals surface area contributed by atoms with E-state index in [0.29, 0.717) is 0 Å². The van der Waals surface area contributed by atoms with Gasteiger partial charge in [-0.05, 0) is 6.37 Å². The molecule has 0 radical (unpaired) electrons. The van der Waals surface area contributed by atoms with Crippen molar-refractivity contribution in [2.24, 2.45) is 0 Å². The Kier molecular flexibility index (Phi) is 0.261. The van der Waals surface area contributed by atoms with Gasteiger partial charge < -0.3 is 5.32 Å². The van der Waals surface area contributed by atoms with Crippen molar-refractivity contribution in [3.05, 3.63) is 0 Å². The summed E-state index contributed by atoms with van der Waals surface area (Å²) in [7, 11) is 0. The molecule has 1 N–H and O–H groups in total. The molecule has 34 valence electrons. The summed E-state index contributed by atoms with van der Waals surface area (Å²) in [6, 6.07) is 0. The van der Waals surface area contributed by atoms with Gasteiger partial charge in [-0.15, -0.1) is 0 Å². The summed E-state index contributed by atoms with van der Waals surface area (Å²) in [5.74, 6) is -0.863. The summed E-state index contributed by atoms with van der Waals surface area (Å²) in [5.41, 5.74) is 0. The van der Waals surface area contributed by atoms with Gasteiger partial charge in [-0.25, -0.2) is 0 Å². The van der Waals surface area contributed by atoms with E-state index in [0.717, 1.165) is 0 Å². The van der Waals surface area contributed by atoms with Crippen molar-refractivity contribution in [2.45, 2.75) is 12.7 Å². The first-order valence-corrected chi connectivity index (χ1v) is 1.66. The first-order valence-electron chi connectivity index (χ1n) is 3.66. The van der Waals surface area contributed by atoms with Gasteiger partial charge in [0, 0.05) is 18.4 Å². The molecule has 0 aromatic heterocycles. The van der Waals surface area contributed by atoms with E-state index in [9.17, 15) is 4.79 Å². The van der Waals surface area contributed by atoms with E-state index in [2.05, 4.69) is 5.32 Å². The van der Waals surface area contributed by atoms with Crippen LogP contribution in [0.2, 0.25) is 0 Å². The van der Waals surface area contributed by atoms with Crippen LogP contribution in [0.1, 0.15) is 18.2 Å². The number of hydrogen-bond acceptors (Lipinski definition) is 1. The van der Waals surface area contributed by atoms with Gasteiger partial charge in [0.1, 0.15) is 0 Å². The predicted molar refractivity (Wildman–Crippen MR) is 22.2 cm³/mol. The third-order valence-electron chi connectivity index (χ3n) is 0.539. The molecule has 1 heterocycles. The summed E-state index contributed by atoms with van der Waals surface area (Å²) in [4.78, 5) is 10.6. The monoisotopic (exact) mass is 89.1 g/mol. The van der Waals surface area contributed by atoms with Crippen LogP contribution in [0.5, 0.6) is 0 Å². The Balaban J connectivity index is 2.95. The fraction of sp³-hybridized carbons (Fsp3) is 0.750. The van der Waals surface area contributed by atoms with E-state index in [1.54, 1.807) is 0 Å². The molecule has 0 aromatic carbocycles. The van der Waals surface area contributed by atoms with E-state index < -0.39 is 18.7 Å². The number of carbonyl (C=O) groups excluding carboxylic acids is 1. The summed E-state index contributed by atoms with van der Waals surface area (Å²) in [5, 5.41) is 2.11. The number of amides is 1. The van der Waals surface area contributed by atoms with Gasteiger partial charge in [0.05, 0.1) is 0 Å². The Morgan fingerprint density at radius 1 is 2.00 bits per heavy atom. The lowest BCUT2D eigenvalue weighted by Crippen LogP contribution is -2.12. The van der Waals surface area contributed by atoms with Crippen LogP contribution in [0.25, 0.3) is 0 Å². The molecule has 0 aromatic rings. The molecule has 0 saturated carbocycles. The van der Waals surface area contributed by atoms with E-state index in [4.69, 9.17) is 5.48 Å². The normalized spacial score (nSPS) is 47.7. The van der Waals surface area contributed by atoms with Gasteiger partial charge in [-0.1, -0.05) is 0 Å². The second kappa shape index (κ2) is 1.29.